The number of aromatic nitrogens is 2. The molecule has 1 aromatic carbocycles. The number of imidazole rings is 1. The summed E-state index contributed by atoms with van der Waals surface area (Å²) in [6.07, 6.45) is 4.65. The number of hydrogen-bond donors (Lipinski definition) is 2. The topological polar surface area (TPSA) is 55.9 Å². The minimum absolute atomic E-state index is 0.0389. The van der Waals surface area contributed by atoms with Crippen molar-refractivity contribution >= 4 is 0 Å². The minimum atomic E-state index is 0.0389. The molecule has 0 aliphatic heterocycles. The maximum atomic E-state index is 5.70. The highest BCUT2D eigenvalue weighted by atomic mass is 15.3. The van der Waals surface area contributed by atoms with Crippen molar-refractivity contribution in [3.63, 3.8) is 0 Å². The molecule has 1 atom stereocenters. The van der Waals surface area contributed by atoms with E-state index in [1.165, 1.54) is 16.7 Å². The Bertz CT molecular complexity index is 545. The van der Waals surface area contributed by atoms with Gasteiger partial charge in [-0.25, -0.2) is 10.4 Å². The molecule has 1 heterocycles. The fourth-order valence-electron chi connectivity index (χ4n) is 2.29. The van der Waals surface area contributed by atoms with Gasteiger partial charge in [0.05, 0.1) is 6.04 Å². The van der Waals surface area contributed by atoms with Crippen LogP contribution in [0.3, 0.4) is 0 Å². The number of nitrogens with one attached hydrogen (secondary N) is 1. The molecule has 3 N–H and O–H groups in total. The van der Waals surface area contributed by atoms with E-state index in [0.29, 0.717) is 0 Å². The van der Waals surface area contributed by atoms with Gasteiger partial charge in [-0.2, -0.15) is 0 Å². The Balaban J connectivity index is 2.21. The lowest BCUT2D eigenvalue weighted by atomic mass is 10.0. The van der Waals surface area contributed by atoms with E-state index >= 15 is 0 Å². The average Bonchev–Trinajstić information content (AvgIpc) is 2.88. The van der Waals surface area contributed by atoms with Crippen molar-refractivity contribution < 1.29 is 0 Å². The largest absolute Gasteiger partial charge is 0.334 e. The van der Waals surface area contributed by atoms with Gasteiger partial charge in [0.15, 0.2) is 0 Å². The van der Waals surface area contributed by atoms with E-state index < -0.39 is 0 Å². The zero-order valence-electron chi connectivity index (χ0n) is 11.9. The molecule has 1 unspecified atom stereocenters. The highest BCUT2D eigenvalue weighted by Gasteiger charge is 2.15. The van der Waals surface area contributed by atoms with Crippen LogP contribution in [0.4, 0.5) is 0 Å². The molecule has 0 spiro atoms. The quantitative estimate of drug-likeness (QED) is 0.639. The Hall–Kier alpha value is -1.65. The van der Waals surface area contributed by atoms with Gasteiger partial charge in [-0.1, -0.05) is 18.2 Å². The van der Waals surface area contributed by atoms with Gasteiger partial charge in [-0.05, 0) is 43.9 Å². The van der Waals surface area contributed by atoms with Crippen molar-refractivity contribution in [1.82, 2.24) is 15.0 Å². The third-order valence-corrected chi connectivity index (χ3v) is 3.61. The molecule has 2 rings (SSSR count). The zero-order chi connectivity index (χ0) is 13.8. The number of benzene rings is 1. The molecule has 0 aliphatic rings. The second-order valence-corrected chi connectivity index (χ2v) is 4.91. The fourth-order valence-corrected chi connectivity index (χ4v) is 2.29. The molecule has 0 bridgehead atoms. The van der Waals surface area contributed by atoms with Gasteiger partial charge in [0.25, 0.3) is 0 Å². The molecule has 0 amide bonds. The molecule has 0 radical (unpaired) electrons. The van der Waals surface area contributed by atoms with Crippen molar-refractivity contribution in [2.45, 2.75) is 39.8 Å². The Labute approximate surface area is 114 Å². The summed E-state index contributed by atoms with van der Waals surface area (Å²) in [5, 5.41) is 0. The number of hydrogen-bond acceptors (Lipinski definition) is 3. The third kappa shape index (κ3) is 3.03. The molecule has 0 saturated carbocycles. The van der Waals surface area contributed by atoms with Gasteiger partial charge in [0.1, 0.15) is 5.82 Å². The number of nitrogens with zero attached hydrogens (tertiary/aromatic N) is 2. The standard InChI is InChI=1S/C15H22N4/c1-4-19-8-7-17-15(19)14(18-16)10-13-6-5-11(2)12(3)9-13/h5-9,14,18H,4,10,16H2,1-3H3. The molecular weight excluding hydrogens is 236 g/mol. The van der Waals surface area contributed by atoms with Crippen molar-refractivity contribution in [3.8, 4) is 0 Å². The number of hydrazine groups is 1. The molecule has 2 aromatic rings. The van der Waals surface area contributed by atoms with Gasteiger partial charge >= 0.3 is 0 Å². The van der Waals surface area contributed by atoms with E-state index in [1.54, 1.807) is 0 Å². The molecule has 19 heavy (non-hydrogen) atoms. The lowest BCUT2D eigenvalue weighted by Gasteiger charge is -2.17. The SMILES string of the molecule is CCn1ccnc1C(Cc1ccc(C)c(C)c1)NN. The molecule has 0 aliphatic carbocycles. The first-order chi connectivity index (χ1) is 9.15. The van der Waals surface area contributed by atoms with Crippen LogP contribution in [0, 0.1) is 13.8 Å². The lowest BCUT2D eigenvalue weighted by molar-refractivity contribution is 0.496. The smallest absolute Gasteiger partial charge is 0.127 e. The summed E-state index contributed by atoms with van der Waals surface area (Å²) >= 11 is 0. The summed E-state index contributed by atoms with van der Waals surface area (Å²) in [6.45, 7) is 7.27. The predicted molar refractivity (Wildman–Crippen MR) is 77.6 cm³/mol. The molecule has 102 valence electrons. The van der Waals surface area contributed by atoms with Gasteiger partial charge in [-0.3, -0.25) is 5.84 Å². The monoisotopic (exact) mass is 258 g/mol. The van der Waals surface area contributed by atoms with Crippen molar-refractivity contribution in [3.05, 3.63) is 53.1 Å². The fraction of sp³-hybridized carbons (Fsp3) is 0.400. The second kappa shape index (κ2) is 5.99. The first kappa shape index (κ1) is 13.8. The normalized spacial score (nSPS) is 12.6. The summed E-state index contributed by atoms with van der Waals surface area (Å²) in [4.78, 5) is 4.41. The van der Waals surface area contributed by atoms with E-state index in [-0.39, 0.29) is 6.04 Å². The van der Waals surface area contributed by atoms with Crippen LogP contribution < -0.4 is 11.3 Å². The maximum absolute atomic E-state index is 5.70. The van der Waals surface area contributed by atoms with Crippen molar-refractivity contribution in [1.29, 1.82) is 0 Å². The second-order valence-electron chi connectivity index (χ2n) is 4.91. The Kier molecular flexibility index (Phi) is 4.35. The summed E-state index contributed by atoms with van der Waals surface area (Å²) in [5.74, 6) is 6.69. The molecule has 4 nitrogen and oxygen atoms in total. The van der Waals surface area contributed by atoms with Crippen LogP contribution in [0.2, 0.25) is 0 Å². The highest BCUT2D eigenvalue weighted by molar-refractivity contribution is 5.30. The molecule has 0 saturated heterocycles. The van der Waals surface area contributed by atoms with Crippen LogP contribution in [0.15, 0.2) is 30.6 Å². The molecule has 4 heteroatoms. The van der Waals surface area contributed by atoms with E-state index in [2.05, 4.69) is 53.9 Å². The Morgan fingerprint density at radius 3 is 2.74 bits per heavy atom. The van der Waals surface area contributed by atoms with Crippen molar-refractivity contribution in [2.24, 2.45) is 5.84 Å². The molecule has 1 aromatic heterocycles. The molecule has 0 fully saturated rings. The van der Waals surface area contributed by atoms with Crippen LogP contribution in [0.1, 0.15) is 35.5 Å². The van der Waals surface area contributed by atoms with Gasteiger partial charge < -0.3 is 4.57 Å². The van der Waals surface area contributed by atoms with E-state index in [9.17, 15) is 0 Å². The highest BCUT2D eigenvalue weighted by Crippen LogP contribution is 2.18. The van der Waals surface area contributed by atoms with E-state index in [4.69, 9.17) is 5.84 Å². The summed E-state index contributed by atoms with van der Waals surface area (Å²) in [7, 11) is 0. The Morgan fingerprint density at radius 1 is 1.32 bits per heavy atom. The first-order valence-electron chi connectivity index (χ1n) is 6.69. The van der Waals surface area contributed by atoms with Crippen LogP contribution in [0.5, 0.6) is 0 Å². The summed E-state index contributed by atoms with van der Waals surface area (Å²) < 4.78 is 2.12. The Morgan fingerprint density at radius 2 is 2.11 bits per heavy atom. The van der Waals surface area contributed by atoms with Gasteiger partial charge in [-0.15, -0.1) is 0 Å². The van der Waals surface area contributed by atoms with E-state index in [0.717, 1.165) is 18.8 Å². The zero-order valence-corrected chi connectivity index (χ0v) is 11.9. The van der Waals surface area contributed by atoms with E-state index in [1.807, 2.05) is 12.4 Å². The number of rotatable bonds is 5. The maximum Gasteiger partial charge on any atom is 0.127 e. The average molecular weight is 258 g/mol. The van der Waals surface area contributed by atoms with Crippen LogP contribution >= 0.6 is 0 Å². The first-order valence-corrected chi connectivity index (χ1v) is 6.69. The lowest BCUT2D eigenvalue weighted by Crippen LogP contribution is -2.31. The number of aryl methyl sites for hydroxylation is 3. The number of nitrogens with two attached hydrogens (primary N) is 1. The van der Waals surface area contributed by atoms with Crippen LogP contribution in [-0.4, -0.2) is 9.55 Å². The summed E-state index contributed by atoms with van der Waals surface area (Å²) in [5.41, 5.74) is 6.78. The van der Waals surface area contributed by atoms with Crippen LogP contribution in [-0.2, 0) is 13.0 Å². The van der Waals surface area contributed by atoms with Gasteiger partial charge in [0, 0.05) is 18.9 Å². The third-order valence-electron chi connectivity index (χ3n) is 3.61. The predicted octanol–water partition coefficient (Wildman–Crippen LogP) is 2.27. The molecular formula is C15H22N4. The summed E-state index contributed by atoms with van der Waals surface area (Å²) in [6, 6.07) is 6.58. The minimum Gasteiger partial charge on any atom is -0.334 e. The van der Waals surface area contributed by atoms with Crippen molar-refractivity contribution in [2.75, 3.05) is 0 Å². The van der Waals surface area contributed by atoms with Crippen LogP contribution in [0.25, 0.3) is 0 Å². The van der Waals surface area contributed by atoms with Gasteiger partial charge in [0.2, 0.25) is 0 Å².